The van der Waals surface area contributed by atoms with Crippen LogP contribution in [0.15, 0.2) is 48.5 Å². The SMILES string of the molecule is CCCCCCCc1ccc(-c2ccc(C3CCC(CCC)CC3=O)cc2)cc1. The number of carbonyl (C=O) groups excluding carboxylic acids is 1. The molecule has 2 unspecified atom stereocenters. The Bertz CT molecular complexity index is 741. The lowest BCUT2D eigenvalue weighted by molar-refractivity contribution is -0.123. The second-order valence-corrected chi connectivity index (χ2v) is 8.94. The molecule has 1 saturated carbocycles. The van der Waals surface area contributed by atoms with E-state index in [0.29, 0.717) is 11.7 Å². The molecule has 0 bridgehead atoms. The van der Waals surface area contributed by atoms with E-state index in [1.165, 1.54) is 80.0 Å². The number of aryl methyl sites for hydroxylation is 1. The van der Waals surface area contributed by atoms with Gasteiger partial charge in [-0.1, -0.05) is 101 Å². The van der Waals surface area contributed by atoms with Gasteiger partial charge in [-0.2, -0.15) is 0 Å². The molecule has 1 nitrogen and oxygen atoms in total. The van der Waals surface area contributed by atoms with Crippen LogP contribution < -0.4 is 0 Å². The average molecular weight is 391 g/mol. The van der Waals surface area contributed by atoms with E-state index < -0.39 is 0 Å². The van der Waals surface area contributed by atoms with Gasteiger partial charge in [-0.15, -0.1) is 0 Å². The Hall–Kier alpha value is -1.89. The monoisotopic (exact) mass is 390 g/mol. The molecule has 29 heavy (non-hydrogen) atoms. The van der Waals surface area contributed by atoms with E-state index in [1.54, 1.807) is 0 Å². The molecule has 2 aromatic carbocycles. The molecule has 0 radical (unpaired) electrons. The molecule has 0 spiro atoms. The summed E-state index contributed by atoms with van der Waals surface area (Å²) < 4.78 is 0. The van der Waals surface area contributed by atoms with Gasteiger partial charge >= 0.3 is 0 Å². The number of Topliss-reactive ketones (excluding diaryl/α,β-unsaturated/α-hetero) is 1. The van der Waals surface area contributed by atoms with Gasteiger partial charge in [0.05, 0.1) is 0 Å². The van der Waals surface area contributed by atoms with Crippen LogP contribution in [-0.4, -0.2) is 5.78 Å². The van der Waals surface area contributed by atoms with Crippen LogP contribution in [0.25, 0.3) is 11.1 Å². The summed E-state index contributed by atoms with van der Waals surface area (Å²) >= 11 is 0. The maximum atomic E-state index is 12.6. The van der Waals surface area contributed by atoms with Crippen molar-refractivity contribution in [2.24, 2.45) is 5.92 Å². The molecule has 0 N–H and O–H groups in total. The Kier molecular flexibility index (Phi) is 8.52. The summed E-state index contributed by atoms with van der Waals surface area (Å²) in [6, 6.07) is 17.8. The van der Waals surface area contributed by atoms with Crippen LogP contribution in [0, 0.1) is 5.92 Å². The van der Waals surface area contributed by atoms with Crippen molar-refractivity contribution in [2.45, 2.75) is 90.4 Å². The first-order valence-corrected chi connectivity index (χ1v) is 11.9. The highest BCUT2D eigenvalue weighted by atomic mass is 16.1. The third-order valence-corrected chi connectivity index (χ3v) is 6.61. The van der Waals surface area contributed by atoms with Gasteiger partial charge in [-0.25, -0.2) is 0 Å². The lowest BCUT2D eigenvalue weighted by Gasteiger charge is -2.27. The van der Waals surface area contributed by atoms with E-state index in [2.05, 4.69) is 62.4 Å². The molecule has 1 aliphatic carbocycles. The quantitative estimate of drug-likeness (QED) is 0.374. The van der Waals surface area contributed by atoms with Gasteiger partial charge in [0.15, 0.2) is 0 Å². The highest BCUT2D eigenvalue weighted by Crippen LogP contribution is 2.35. The summed E-state index contributed by atoms with van der Waals surface area (Å²) in [6.45, 7) is 4.48. The van der Waals surface area contributed by atoms with Gasteiger partial charge in [0.25, 0.3) is 0 Å². The Morgan fingerprint density at radius 2 is 1.41 bits per heavy atom. The van der Waals surface area contributed by atoms with Gasteiger partial charge in [-0.3, -0.25) is 4.79 Å². The molecule has 0 aromatic heterocycles. The molecule has 2 aromatic rings. The van der Waals surface area contributed by atoms with E-state index in [0.717, 1.165) is 12.8 Å². The van der Waals surface area contributed by atoms with Crippen molar-refractivity contribution in [3.05, 3.63) is 59.7 Å². The summed E-state index contributed by atoms with van der Waals surface area (Å²) in [5.74, 6) is 1.19. The number of benzene rings is 2. The minimum Gasteiger partial charge on any atom is -0.299 e. The minimum absolute atomic E-state index is 0.118. The Balaban J connectivity index is 1.55. The maximum Gasteiger partial charge on any atom is 0.140 e. The maximum absolute atomic E-state index is 12.6. The molecular formula is C28H38O. The Morgan fingerprint density at radius 3 is 2.03 bits per heavy atom. The fraction of sp³-hybridized carbons (Fsp3) is 0.536. The van der Waals surface area contributed by atoms with E-state index >= 15 is 0 Å². The number of hydrogen-bond acceptors (Lipinski definition) is 1. The molecule has 156 valence electrons. The van der Waals surface area contributed by atoms with Crippen molar-refractivity contribution in [3.63, 3.8) is 0 Å². The van der Waals surface area contributed by atoms with Crippen molar-refractivity contribution < 1.29 is 4.79 Å². The average Bonchev–Trinajstić information content (AvgIpc) is 2.75. The van der Waals surface area contributed by atoms with Crippen molar-refractivity contribution in [1.29, 1.82) is 0 Å². The molecule has 0 aliphatic heterocycles. The second-order valence-electron chi connectivity index (χ2n) is 8.94. The van der Waals surface area contributed by atoms with Crippen LogP contribution in [0.5, 0.6) is 0 Å². The molecule has 0 saturated heterocycles. The largest absolute Gasteiger partial charge is 0.299 e. The van der Waals surface area contributed by atoms with Crippen LogP contribution in [-0.2, 0) is 11.2 Å². The van der Waals surface area contributed by atoms with Crippen LogP contribution in [0.3, 0.4) is 0 Å². The number of ketones is 1. The summed E-state index contributed by atoms with van der Waals surface area (Å²) in [5.41, 5.74) is 5.16. The van der Waals surface area contributed by atoms with E-state index in [9.17, 15) is 4.79 Å². The fourth-order valence-corrected chi connectivity index (χ4v) is 4.80. The zero-order valence-corrected chi connectivity index (χ0v) is 18.5. The van der Waals surface area contributed by atoms with E-state index in [4.69, 9.17) is 0 Å². The number of unbranched alkanes of at least 4 members (excludes halogenated alkanes) is 4. The van der Waals surface area contributed by atoms with Gasteiger partial charge in [0.1, 0.15) is 5.78 Å². The number of rotatable bonds is 10. The predicted octanol–water partition coefficient (Wildman–Crippen LogP) is 8.12. The minimum atomic E-state index is 0.118. The molecule has 0 amide bonds. The van der Waals surface area contributed by atoms with Crippen LogP contribution in [0.4, 0.5) is 0 Å². The molecular weight excluding hydrogens is 352 g/mol. The highest BCUT2D eigenvalue weighted by Gasteiger charge is 2.29. The van der Waals surface area contributed by atoms with Crippen molar-refractivity contribution in [1.82, 2.24) is 0 Å². The summed E-state index contributed by atoms with van der Waals surface area (Å²) in [5, 5.41) is 0. The zero-order chi connectivity index (χ0) is 20.5. The van der Waals surface area contributed by atoms with E-state index in [-0.39, 0.29) is 5.92 Å². The van der Waals surface area contributed by atoms with Gasteiger partial charge in [0, 0.05) is 12.3 Å². The van der Waals surface area contributed by atoms with Crippen LogP contribution in [0.1, 0.15) is 95.1 Å². The fourth-order valence-electron chi connectivity index (χ4n) is 4.80. The first kappa shape index (κ1) is 21.8. The number of hydrogen-bond donors (Lipinski definition) is 0. The van der Waals surface area contributed by atoms with Gasteiger partial charge in [0.2, 0.25) is 0 Å². The number of carbonyl (C=O) groups is 1. The first-order chi connectivity index (χ1) is 14.2. The third-order valence-electron chi connectivity index (χ3n) is 6.61. The lowest BCUT2D eigenvalue weighted by Crippen LogP contribution is -2.23. The van der Waals surface area contributed by atoms with Gasteiger partial charge in [-0.05, 0) is 53.9 Å². The third kappa shape index (κ3) is 6.29. The molecule has 1 heteroatoms. The summed E-state index contributed by atoms with van der Waals surface area (Å²) in [6.07, 6.45) is 13.2. The van der Waals surface area contributed by atoms with Crippen LogP contribution in [0.2, 0.25) is 0 Å². The Labute approximate surface area is 177 Å². The molecule has 1 fully saturated rings. The van der Waals surface area contributed by atoms with Crippen molar-refractivity contribution in [2.75, 3.05) is 0 Å². The topological polar surface area (TPSA) is 17.1 Å². The van der Waals surface area contributed by atoms with Gasteiger partial charge < -0.3 is 0 Å². The highest BCUT2D eigenvalue weighted by molar-refractivity contribution is 5.86. The second kappa shape index (κ2) is 11.3. The molecule has 3 rings (SSSR count). The van der Waals surface area contributed by atoms with E-state index in [1.807, 2.05) is 0 Å². The molecule has 2 atom stereocenters. The molecule has 0 heterocycles. The smallest absolute Gasteiger partial charge is 0.140 e. The zero-order valence-electron chi connectivity index (χ0n) is 18.5. The summed E-state index contributed by atoms with van der Waals surface area (Å²) in [4.78, 5) is 12.6. The normalized spacial score (nSPS) is 19.4. The lowest BCUT2D eigenvalue weighted by atomic mass is 9.76. The standard InChI is InChI=1S/C28H38O/c1-3-5-6-7-8-10-22-11-14-24(15-12-22)25-16-18-26(19-17-25)27-20-13-23(9-4-2)21-28(27)29/h11-12,14-19,23,27H,3-10,13,20-21H2,1-2H3. The molecule has 1 aliphatic rings. The predicted molar refractivity (Wildman–Crippen MR) is 124 cm³/mol. The Morgan fingerprint density at radius 1 is 0.759 bits per heavy atom. The summed E-state index contributed by atoms with van der Waals surface area (Å²) in [7, 11) is 0. The first-order valence-electron chi connectivity index (χ1n) is 11.9. The van der Waals surface area contributed by atoms with Crippen LogP contribution >= 0.6 is 0 Å². The van der Waals surface area contributed by atoms with Crippen molar-refractivity contribution in [3.8, 4) is 11.1 Å². The van der Waals surface area contributed by atoms with Crippen molar-refractivity contribution >= 4 is 5.78 Å².